The molecule has 1 aliphatic carbocycles. The van der Waals surface area contributed by atoms with Gasteiger partial charge in [-0.25, -0.2) is 9.07 Å². The number of rotatable bonds is 1. The van der Waals surface area contributed by atoms with E-state index in [1.807, 2.05) is 4.68 Å². The lowest BCUT2D eigenvalue weighted by molar-refractivity contribution is 0.627. The minimum Gasteiger partial charge on any atom is -0.242 e. The van der Waals surface area contributed by atoms with Crippen LogP contribution in [0.2, 0.25) is 5.02 Å². The van der Waals surface area contributed by atoms with Crippen LogP contribution in [-0.2, 0) is 0 Å². The third-order valence-electron chi connectivity index (χ3n) is 2.41. The molecule has 0 radical (unpaired) electrons. The van der Waals surface area contributed by atoms with E-state index in [1.54, 1.807) is 6.07 Å². The second kappa shape index (κ2) is 2.67. The molecule has 1 fully saturated rings. The Morgan fingerprint density at radius 1 is 1.43 bits per heavy atom. The molecular formula is C9H7ClFN3. The first-order chi connectivity index (χ1) is 6.75. The maximum absolute atomic E-state index is 13.1. The molecule has 0 saturated heterocycles. The topological polar surface area (TPSA) is 30.7 Å². The monoisotopic (exact) mass is 211 g/mol. The van der Waals surface area contributed by atoms with E-state index in [2.05, 4.69) is 10.3 Å². The summed E-state index contributed by atoms with van der Waals surface area (Å²) in [6, 6.07) is 3.34. The van der Waals surface area contributed by atoms with Crippen molar-refractivity contribution < 1.29 is 4.39 Å². The Hall–Kier alpha value is -1.16. The summed E-state index contributed by atoms with van der Waals surface area (Å²) in [6.07, 6.45) is 2.24. The van der Waals surface area contributed by atoms with Crippen LogP contribution < -0.4 is 0 Å². The summed E-state index contributed by atoms with van der Waals surface area (Å²) < 4.78 is 14.9. The highest BCUT2D eigenvalue weighted by atomic mass is 35.5. The zero-order chi connectivity index (χ0) is 9.71. The van der Waals surface area contributed by atoms with Gasteiger partial charge in [-0.3, -0.25) is 0 Å². The van der Waals surface area contributed by atoms with Crippen molar-refractivity contribution in [3.8, 4) is 0 Å². The lowest BCUT2D eigenvalue weighted by Crippen LogP contribution is -1.95. The number of halogens is 2. The van der Waals surface area contributed by atoms with Gasteiger partial charge < -0.3 is 0 Å². The van der Waals surface area contributed by atoms with E-state index in [9.17, 15) is 4.39 Å². The van der Waals surface area contributed by atoms with E-state index in [-0.39, 0.29) is 5.02 Å². The van der Waals surface area contributed by atoms with Crippen LogP contribution in [0.25, 0.3) is 11.0 Å². The van der Waals surface area contributed by atoms with Gasteiger partial charge in [-0.15, -0.1) is 5.10 Å². The Bertz CT molecular complexity index is 504. The third kappa shape index (κ3) is 1.10. The zero-order valence-electron chi connectivity index (χ0n) is 7.24. The Morgan fingerprint density at radius 2 is 2.21 bits per heavy atom. The number of benzene rings is 1. The molecule has 0 N–H and O–H groups in total. The van der Waals surface area contributed by atoms with Gasteiger partial charge in [-0.2, -0.15) is 0 Å². The van der Waals surface area contributed by atoms with Gasteiger partial charge >= 0.3 is 0 Å². The summed E-state index contributed by atoms with van der Waals surface area (Å²) >= 11 is 5.70. The molecule has 1 saturated carbocycles. The molecule has 1 aromatic carbocycles. The maximum atomic E-state index is 13.1. The average molecular weight is 212 g/mol. The molecule has 5 heteroatoms. The highest BCUT2D eigenvalue weighted by Gasteiger charge is 2.26. The van der Waals surface area contributed by atoms with Gasteiger partial charge in [0.2, 0.25) is 0 Å². The normalized spacial score (nSPS) is 16.4. The molecular weight excluding hydrogens is 205 g/mol. The highest BCUT2D eigenvalue weighted by molar-refractivity contribution is 6.31. The van der Waals surface area contributed by atoms with Crippen LogP contribution in [0, 0.1) is 5.82 Å². The molecule has 0 bridgehead atoms. The molecule has 3 rings (SSSR count). The van der Waals surface area contributed by atoms with Crippen LogP contribution in [0.4, 0.5) is 4.39 Å². The largest absolute Gasteiger partial charge is 0.242 e. The molecule has 14 heavy (non-hydrogen) atoms. The summed E-state index contributed by atoms with van der Waals surface area (Å²) in [5, 5.41) is 8.00. The smallest absolute Gasteiger partial charge is 0.144 e. The molecule has 0 spiro atoms. The van der Waals surface area contributed by atoms with Crippen molar-refractivity contribution in [2.45, 2.75) is 18.9 Å². The number of aromatic nitrogens is 3. The Morgan fingerprint density at radius 3 is 2.93 bits per heavy atom. The first-order valence-corrected chi connectivity index (χ1v) is 4.83. The Balaban J connectivity index is 2.29. The molecule has 1 heterocycles. The fourth-order valence-corrected chi connectivity index (χ4v) is 1.68. The first-order valence-electron chi connectivity index (χ1n) is 4.45. The number of nitrogens with zero attached hydrogens (tertiary/aromatic N) is 3. The number of hydrogen-bond donors (Lipinski definition) is 0. The average Bonchev–Trinajstić information content (AvgIpc) is 2.91. The van der Waals surface area contributed by atoms with Crippen molar-refractivity contribution in [3.63, 3.8) is 0 Å². The minimum absolute atomic E-state index is 0.127. The molecule has 0 aliphatic heterocycles. The number of hydrogen-bond acceptors (Lipinski definition) is 2. The summed E-state index contributed by atoms with van der Waals surface area (Å²) in [7, 11) is 0. The molecule has 3 nitrogen and oxygen atoms in total. The van der Waals surface area contributed by atoms with Crippen molar-refractivity contribution in [2.24, 2.45) is 0 Å². The fraction of sp³-hybridized carbons (Fsp3) is 0.333. The minimum atomic E-state index is -0.443. The van der Waals surface area contributed by atoms with Gasteiger partial charge in [0.25, 0.3) is 0 Å². The highest BCUT2D eigenvalue weighted by Crippen LogP contribution is 2.36. The molecule has 0 unspecified atom stereocenters. The van der Waals surface area contributed by atoms with Gasteiger partial charge in [0, 0.05) is 6.07 Å². The molecule has 1 aromatic heterocycles. The first kappa shape index (κ1) is 8.17. The van der Waals surface area contributed by atoms with Crippen LogP contribution >= 0.6 is 11.6 Å². The molecule has 0 atom stereocenters. The number of fused-ring (bicyclic) bond motifs is 1. The van der Waals surface area contributed by atoms with Crippen molar-refractivity contribution in [3.05, 3.63) is 23.0 Å². The van der Waals surface area contributed by atoms with Crippen LogP contribution in [0.15, 0.2) is 12.1 Å². The van der Waals surface area contributed by atoms with Crippen molar-refractivity contribution in [1.82, 2.24) is 15.0 Å². The molecule has 0 amide bonds. The summed E-state index contributed by atoms with van der Waals surface area (Å²) in [4.78, 5) is 0. The van der Waals surface area contributed by atoms with Crippen molar-refractivity contribution in [1.29, 1.82) is 0 Å². The third-order valence-corrected chi connectivity index (χ3v) is 2.70. The summed E-state index contributed by atoms with van der Waals surface area (Å²) in [5.41, 5.74) is 1.39. The maximum Gasteiger partial charge on any atom is 0.144 e. The summed E-state index contributed by atoms with van der Waals surface area (Å²) in [6.45, 7) is 0. The van der Waals surface area contributed by atoms with Gasteiger partial charge in [-0.1, -0.05) is 16.8 Å². The van der Waals surface area contributed by atoms with E-state index in [1.165, 1.54) is 6.07 Å². The quantitative estimate of drug-likeness (QED) is 0.726. The lowest BCUT2D eigenvalue weighted by Gasteiger charge is -1.98. The molecule has 2 aromatic rings. The Labute approximate surface area is 84.5 Å². The Kier molecular flexibility index (Phi) is 1.56. The lowest BCUT2D eigenvalue weighted by atomic mass is 10.3. The van der Waals surface area contributed by atoms with Crippen molar-refractivity contribution >= 4 is 22.6 Å². The van der Waals surface area contributed by atoms with Gasteiger partial charge in [0.1, 0.15) is 11.3 Å². The van der Waals surface area contributed by atoms with Crippen LogP contribution in [-0.4, -0.2) is 15.0 Å². The zero-order valence-corrected chi connectivity index (χ0v) is 8.00. The second-order valence-electron chi connectivity index (χ2n) is 3.52. The van der Waals surface area contributed by atoms with E-state index in [0.29, 0.717) is 11.6 Å². The molecule has 72 valence electrons. The fourth-order valence-electron chi connectivity index (χ4n) is 1.52. The van der Waals surface area contributed by atoms with Crippen molar-refractivity contribution in [2.75, 3.05) is 0 Å². The standard InChI is InChI=1S/C9H7ClFN3/c10-6-3-9-8(4-7(6)11)12-13-14(9)5-1-2-5/h3-5H,1-2H2. The van der Waals surface area contributed by atoms with E-state index >= 15 is 0 Å². The van der Waals surface area contributed by atoms with Crippen LogP contribution in [0.5, 0.6) is 0 Å². The predicted octanol–water partition coefficient (Wildman–Crippen LogP) is 2.56. The van der Waals surface area contributed by atoms with E-state index in [0.717, 1.165) is 18.4 Å². The van der Waals surface area contributed by atoms with Gasteiger partial charge in [-0.05, 0) is 18.9 Å². The van der Waals surface area contributed by atoms with Crippen LogP contribution in [0.3, 0.4) is 0 Å². The summed E-state index contributed by atoms with van der Waals surface area (Å²) in [5.74, 6) is -0.443. The predicted molar refractivity (Wildman–Crippen MR) is 50.8 cm³/mol. The van der Waals surface area contributed by atoms with E-state index < -0.39 is 5.82 Å². The molecule has 1 aliphatic rings. The SMILES string of the molecule is Fc1cc2nnn(C3CC3)c2cc1Cl. The second-order valence-corrected chi connectivity index (χ2v) is 3.93. The van der Waals surface area contributed by atoms with Crippen LogP contribution in [0.1, 0.15) is 18.9 Å². The van der Waals surface area contributed by atoms with Gasteiger partial charge in [0.05, 0.1) is 16.6 Å². The van der Waals surface area contributed by atoms with E-state index in [4.69, 9.17) is 11.6 Å². The van der Waals surface area contributed by atoms with Gasteiger partial charge in [0.15, 0.2) is 0 Å².